The molecule has 26 heavy (non-hydrogen) atoms. The summed E-state index contributed by atoms with van der Waals surface area (Å²) in [5.74, 6) is -0.450. The highest BCUT2D eigenvalue weighted by Crippen LogP contribution is 2.20. The van der Waals surface area contributed by atoms with Gasteiger partial charge in [0, 0.05) is 30.9 Å². The van der Waals surface area contributed by atoms with Gasteiger partial charge in [-0.05, 0) is 56.5 Å². The van der Waals surface area contributed by atoms with Gasteiger partial charge < -0.3 is 10.2 Å². The molecule has 0 radical (unpaired) electrons. The molecule has 3 rings (SSSR count). The number of hydrogen-bond acceptors (Lipinski definition) is 4. The van der Waals surface area contributed by atoms with Crippen molar-refractivity contribution in [1.29, 1.82) is 0 Å². The highest BCUT2D eigenvalue weighted by atomic mass is 19.1. The number of nitrogens with one attached hydrogen (secondary N) is 1. The highest BCUT2D eigenvalue weighted by Gasteiger charge is 2.21. The quantitative estimate of drug-likeness (QED) is 0.905. The molecule has 0 atom stereocenters. The fourth-order valence-corrected chi connectivity index (χ4v) is 3.13. The van der Waals surface area contributed by atoms with Crippen LogP contribution in [0.3, 0.4) is 0 Å². The van der Waals surface area contributed by atoms with Crippen LogP contribution in [-0.4, -0.2) is 34.8 Å². The van der Waals surface area contributed by atoms with Crippen molar-refractivity contribution in [2.75, 3.05) is 18.0 Å². The van der Waals surface area contributed by atoms with Crippen LogP contribution in [0.2, 0.25) is 0 Å². The first-order chi connectivity index (χ1) is 12.4. The zero-order chi connectivity index (χ0) is 18.7. The van der Waals surface area contributed by atoms with Crippen molar-refractivity contribution in [1.82, 2.24) is 15.1 Å². The molecule has 1 aliphatic heterocycles. The van der Waals surface area contributed by atoms with Crippen LogP contribution in [0.4, 0.5) is 10.1 Å². The average Bonchev–Trinajstić information content (AvgIpc) is 2.61. The largest absolute Gasteiger partial charge is 0.371 e. The van der Waals surface area contributed by atoms with Crippen molar-refractivity contribution in [3.8, 4) is 0 Å². The van der Waals surface area contributed by atoms with Gasteiger partial charge >= 0.3 is 0 Å². The van der Waals surface area contributed by atoms with Crippen molar-refractivity contribution >= 4 is 11.6 Å². The zero-order valence-corrected chi connectivity index (χ0v) is 15.0. The van der Waals surface area contributed by atoms with E-state index in [9.17, 15) is 14.0 Å². The van der Waals surface area contributed by atoms with Gasteiger partial charge in [0.15, 0.2) is 0 Å². The molecule has 0 spiro atoms. The third-order valence-electron chi connectivity index (χ3n) is 4.78. The molecule has 1 fully saturated rings. The number of hydrogen-bond donors (Lipinski definition) is 1. The van der Waals surface area contributed by atoms with Crippen LogP contribution in [0.25, 0.3) is 0 Å². The first kappa shape index (κ1) is 18.1. The fourth-order valence-electron chi connectivity index (χ4n) is 3.13. The maximum absolute atomic E-state index is 13.0. The molecule has 1 N–H and O–H groups in total. The molecule has 0 saturated carbocycles. The molecule has 2 heterocycles. The van der Waals surface area contributed by atoms with Crippen LogP contribution in [0.15, 0.2) is 35.1 Å². The third kappa shape index (κ3) is 4.28. The SMILES string of the molecule is Cc1cc(=O)n(CC(=O)NC2CCN(c3ccc(F)cc3)CC2)nc1C. The molecule has 7 heteroatoms. The molecule has 1 aromatic heterocycles. The number of piperidine rings is 1. The van der Waals surface area contributed by atoms with E-state index in [0.717, 1.165) is 42.9 Å². The number of carbonyl (C=O) groups excluding carboxylic acids is 1. The second-order valence-electron chi connectivity index (χ2n) is 6.71. The van der Waals surface area contributed by atoms with E-state index in [1.807, 2.05) is 13.8 Å². The van der Waals surface area contributed by atoms with Crippen molar-refractivity contribution in [3.05, 3.63) is 57.8 Å². The van der Waals surface area contributed by atoms with Gasteiger partial charge in [-0.25, -0.2) is 9.07 Å². The van der Waals surface area contributed by atoms with E-state index in [1.54, 1.807) is 12.1 Å². The summed E-state index contributed by atoms with van der Waals surface area (Å²) < 4.78 is 14.2. The number of nitrogens with zero attached hydrogens (tertiary/aromatic N) is 3. The molecule has 0 aliphatic carbocycles. The van der Waals surface area contributed by atoms with Crippen LogP contribution in [0.1, 0.15) is 24.1 Å². The summed E-state index contributed by atoms with van der Waals surface area (Å²) in [5.41, 5.74) is 2.28. The molecule has 0 bridgehead atoms. The standard InChI is InChI=1S/C19H23FN4O2/c1-13-11-19(26)24(22-14(13)2)12-18(25)21-16-7-9-23(10-8-16)17-5-3-15(20)4-6-17/h3-6,11,16H,7-10,12H2,1-2H3,(H,21,25). The topological polar surface area (TPSA) is 67.2 Å². The average molecular weight is 358 g/mol. The number of benzene rings is 1. The molecule has 0 unspecified atom stereocenters. The summed E-state index contributed by atoms with van der Waals surface area (Å²) >= 11 is 0. The van der Waals surface area contributed by atoms with Gasteiger partial charge in [-0.3, -0.25) is 9.59 Å². The summed E-state index contributed by atoms with van der Waals surface area (Å²) in [6.07, 6.45) is 1.61. The molecule has 1 aromatic carbocycles. The van der Waals surface area contributed by atoms with Gasteiger partial charge in [-0.15, -0.1) is 0 Å². The lowest BCUT2D eigenvalue weighted by Crippen LogP contribution is -2.46. The summed E-state index contributed by atoms with van der Waals surface area (Å²) in [5, 5.41) is 7.15. The molecule has 138 valence electrons. The number of amides is 1. The van der Waals surface area contributed by atoms with Gasteiger partial charge in [0.1, 0.15) is 12.4 Å². The van der Waals surface area contributed by atoms with Crippen LogP contribution in [-0.2, 0) is 11.3 Å². The van der Waals surface area contributed by atoms with E-state index in [0.29, 0.717) is 0 Å². The Bertz CT molecular complexity index is 840. The summed E-state index contributed by atoms with van der Waals surface area (Å²) in [4.78, 5) is 26.4. The van der Waals surface area contributed by atoms with Crippen molar-refractivity contribution in [3.63, 3.8) is 0 Å². The molecular weight excluding hydrogens is 335 g/mol. The van der Waals surface area contributed by atoms with Crippen LogP contribution >= 0.6 is 0 Å². The predicted octanol–water partition coefficient (Wildman–Crippen LogP) is 1.78. The van der Waals surface area contributed by atoms with E-state index in [4.69, 9.17) is 0 Å². The Morgan fingerprint density at radius 2 is 1.88 bits per heavy atom. The summed E-state index contributed by atoms with van der Waals surface area (Å²) in [6, 6.07) is 8.02. The van der Waals surface area contributed by atoms with E-state index in [2.05, 4.69) is 15.3 Å². The number of aromatic nitrogens is 2. The maximum atomic E-state index is 13.0. The lowest BCUT2D eigenvalue weighted by atomic mass is 10.0. The van der Waals surface area contributed by atoms with Gasteiger partial charge in [-0.1, -0.05) is 0 Å². The minimum absolute atomic E-state index is 0.0708. The number of halogens is 1. The first-order valence-corrected chi connectivity index (χ1v) is 8.77. The minimum Gasteiger partial charge on any atom is -0.371 e. The van der Waals surface area contributed by atoms with Gasteiger partial charge in [0.05, 0.1) is 5.69 Å². The molecule has 1 amide bonds. The van der Waals surface area contributed by atoms with Crippen LogP contribution in [0, 0.1) is 19.7 Å². The molecule has 2 aromatic rings. The number of aryl methyl sites for hydroxylation is 2. The van der Waals surface area contributed by atoms with Gasteiger partial charge in [0.2, 0.25) is 5.91 Å². The molecule has 1 aliphatic rings. The van der Waals surface area contributed by atoms with E-state index in [-0.39, 0.29) is 29.9 Å². The Morgan fingerprint density at radius 3 is 2.54 bits per heavy atom. The maximum Gasteiger partial charge on any atom is 0.267 e. The summed E-state index contributed by atoms with van der Waals surface area (Å²) in [7, 11) is 0. The Balaban J connectivity index is 1.53. The Morgan fingerprint density at radius 1 is 1.23 bits per heavy atom. The predicted molar refractivity (Wildman–Crippen MR) is 97.7 cm³/mol. The second kappa shape index (κ2) is 7.68. The van der Waals surface area contributed by atoms with Crippen LogP contribution < -0.4 is 15.8 Å². The highest BCUT2D eigenvalue weighted by molar-refractivity contribution is 5.76. The Hall–Kier alpha value is -2.70. The first-order valence-electron chi connectivity index (χ1n) is 8.77. The van der Waals surface area contributed by atoms with E-state index in [1.165, 1.54) is 22.9 Å². The van der Waals surface area contributed by atoms with Crippen molar-refractivity contribution in [2.45, 2.75) is 39.3 Å². The number of rotatable bonds is 4. The van der Waals surface area contributed by atoms with E-state index < -0.39 is 0 Å². The van der Waals surface area contributed by atoms with E-state index >= 15 is 0 Å². The monoisotopic (exact) mass is 358 g/mol. The van der Waals surface area contributed by atoms with Crippen LogP contribution in [0.5, 0.6) is 0 Å². The lowest BCUT2D eigenvalue weighted by molar-refractivity contribution is -0.122. The zero-order valence-electron chi connectivity index (χ0n) is 15.0. The van der Waals surface area contributed by atoms with Crippen molar-refractivity contribution < 1.29 is 9.18 Å². The summed E-state index contributed by atoms with van der Waals surface area (Å²) in [6.45, 7) is 5.15. The number of carbonyl (C=O) groups is 1. The minimum atomic E-state index is -0.269. The Labute approximate surface area is 151 Å². The fraction of sp³-hybridized carbons (Fsp3) is 0.421. The number of anilines is 1. The molecule has 6 nitrogen and oxygen atoms in total. The molecular formula is C19H23FN4O2. The Kier molecular flexibility index (Phi) is 5.35. The smallest absolute Gasteiger partial charge is 0.267 e. The normalized spacial score (nSPS) is 15.1. The van der Waals surface area contributed by atoms with Gasteiger partial charge in [-0.2, -0.15) is 5.10 Å². The second-order valence-corrected chi connectivity index (χ2v) is 6.71. The third-order valence-corrected chi connectivity index (χ3v) is 4.78. The lowest BCUT2D eigenvalue weighted by Gasteiger charge is -2.34. The van der Waals surface area contributed by atoms with Gasteiger partial charge in [0.25, 0.3) is 5.56 Å². The van der Waals surface area contributed by atoms with Crippen molar-refractivity contribution in [2.24, 2.45) is 0 Å². The molecule has 1 saturated heterocycles.